The Hall–Kier alpha value is -2.43. The number of fused-ring (bicyclic) bond motifs is 1. The summed E-state index contributed by atoms with van der Waals surface area (Å²) in [5.41, 5.74) is 2.17. The summed E-state index contributed by atoms with van der Waals surface area (Å²) >= 11 is 0. The molecule has 0 saturated heterocycles. The summed E-state index contributed by atoms with van der Waals surface area (Å²) in [6.07, 6.45) is 4.79. The van der Waals surface area contributed by atoms with Crippen LogP contribution in [0.15, 0.2) is 43.0 Å². The minimum atomic E-state index is -0.119. The second-order valence-corrected chi connectivity index (χ2v) is 3.81. The molecule has 3 rings (SSSR count). The second kappa shape index (κ2) is 3.55. The first-order valence-electron chi connectivity index (χ1n) is 5.21. The van der Waals surface area contributed by atoms with Crippen LogP contribution in [-0.4, -0.2) is 25.2 Å². The van der Waals surface area contributed by atoms with Gasteiger partial charge in [-0.15, -0.1) is 0 Å². The van der Waals surface area contributed by atoms with Crippen molar-refractivity contribution in [2.24, 2.45) is 7.05 Å². The van der Waals surface area contributed by atoms with Crippen LogP contribution < -0.4 is 0 Å². The SMILES string of the molecule is Cn1cc(C(=O)n2cnc3ccccc32)cn1. The van der Waals surface area contributed by atoms with Gasteiger partial charge in [-0.05, 0) is 12.1 Å². The number of rotatable bonds is 1. The van der Waals surface area contributed by atoms with Crippen LogP contribution in [0.4, 0.5) is 0 Å². The Kier molecular flexibility index (Phi) is 2.04. The smallest absolute Gasteiger partial charge is 0.266 e. The largest absolute Gasteiger partial charge is 0.275 e. The summed E-state index contributed by atoms with van der Waals surface area (Å²) in [5, 5.41) is 3.99. The number of benzene rings is 1. The van der Waals surface area contributed by atoms with E-state index in [1.165, 1.54) is 4.57 Å². The summed E-state index contributed by atoms with van der Waals surface area (Å²) in [6, 6.07) is 7.53. The predicted molar refractivity (Wildman–Crippen MR) is 62.7 cm³/mol. The molecule has 0 unspecified atom stereocenters. The maximum absolute atomic E-state index is 12.2. The van der Waals surface area contributed by atoms with Gasteiger partial charge in [-0.2, -0.15) is 5.10 Å². The van der Waals surface area contributed by atoms with E-state index < -0.39 is 0 Å². The Bertz CT molecular complexity index is 695. The zero-order chi connectivity index (χ0) is 11.8. The van der Waals surface area contributed by atoms with Crippen LogP contribution in [0.1, 0.15) is 10.4 Å². The third kappa shape index (κ3) is 1.52. The Morgan fingerprint density at radius 1 is 1.29 bits per heavy atom. The number of nitrogens with zero attached hydrogens (tertiary/aromatic N) is 4. The molecule has 0 aliphatic rings. The molecular formula is C12H10N4O. The molecular weight excluding hydrogens is 216 g/mol. The lowest BCUT2D eigenvalue weighted by Gasteiger charge is -1.99. The molecule has 0 fully saturated rings. The first kappa shape index (κ1) is 9.77. The van der Waals surface area contributed by atoms with Gasteiger partial charge >= 0.3 is 0 Å². The van der Waals surface area contributed by atoms with Crippen LogP contribution in [0.5, 0.6) is 0 Å². The van der Waals surface area contributed by atoms with Crippen molar-refractivity contribution in [1.82, 2.24) is 19.3 Å². The lowest BCUT2D eigenvalue weighted by molar-refractivity contribution is 0.0964. The molecule has 0 radical (unpaired) electrons. The van der Waals surface area contributed by atoms with Crippen LogP contribution >= 0.6 is 0 Å². The Morgan fingerprint density at radius 2 is 2.12 bits per heavy atom. The maximum Gasteiger partial charge on any atom is 0.266 e. The highest BCUT2D eigenvalue weighted by atomic mass is 16.2. The molecule has 0 amide bonds. The molecule has 2 aromatic heterocycles. The van der Waals surface area contributed by atoms with Crippen LogP contribution in [0.3, 0.4) is 0 Å². The van der Waals surface area contributed by atoms with Gasteiger partial charge in [0.1, 0.15) is 6.33 Å². The third-order valence-corrected chi connectivity index (χ3v) is 2.62. The van der Waals surface area contributed by atoms with Crippen molar-refractivity contribution in [3.8, 4) is 0 Å². The molecule has 0 bridgehead atoms. The number of aromatic nitrogens is 4. The molecule has 0 saturated carbocycles. The number of carbonyl (C=O) groups excluding carboxylic acids is 1. The average molecular weight is 226 g/mol. The Balaban J connectivity index is 2.13. The van der Waals surface area contributed by atoms with E-state index in [1.54, 1.807) is 30.5 Å². The summed E-state index contributed by atoms with van der Waals surface area (Å²) in [6.45, 7) is 0. The Labute approximate surface area is 97.3 Å². The van der Waals surface area contributed by atoms with Crippen molar-refractivity contribution in [2.45, 2.75) is 0 Å². The summed E-state index contributed by atoms with van der Waals surface area (Å²) in [7, 11) is 1.78. The molecule has 0 aliphatic carbocycles. The number of aryl methyl sites for hydroxylation is 1. The third-order valence-electron chi connectivity index (χ3n) is 2.62. The molecule has 0 aliphatic heterocycles. The highest BCUT2D eigenvalue weighted by Gasteiger charge is 2.13. The van der Waals surface area contributed by atoms with E-state index in [4.69, 9.17) is 0 Å². The number of carbonyl (C=O) groups is 1. The van der Waals surface area contributed by atoms with Gasteiger partial charge in [-0.3, -0.25) is 14.0 Å². The molecule has 3 aromatic rings. The summed E-state index contributed by atoms with van der Waals surface area (Å²) in [4.78, 5) is 16.4. The van der Waals surface area contributed by atoms with Crippen LogP contribution in [0, 0.1) is 0 Å². The molecule has 0 atom stereocenters. The molecule has 17 heavy (non-hydrogen) atoms. The zero-order valence-electron chi connectivity index (χ0n) is 9.24. The first-order valence-corrected chi connectivity index (χ1v) is 5.21. The number of para-hydroxylation sites is 2. The van der Waals surface area contributed by atoms with Crippen molar-refractivity contribution >= 4 is 16.9 Å². The fraction of sp³-hybridized carbons (Fsp3) is 0.0833. The minimum absolute atomic E-state index is 0.119. The topological polar surface area (TPSA) is 52.7 Å². The van der Waals surface area contributed by atoms with Crippen molar-refractivity contribution in [1.29, 1.82) is 0 Å². The highest BCUT2D eigenvalue weighted by molar-refractivity contribution is 6.00. The van der Waals surface area contributed by atoms with E-state index in [9.17, 15) is 4.79 Å². The molecule has 5 heteroatoms. The number of hydrogen-bond donors (Lipinski definition) is 0. The van der Waals surface area contributed by atoms with E-state index in [2.05, 4.69) is 10.1 Å². The normalized spacial score (nSPS) is 10.9. The molecule has 5 nitrogen and oxygen atoms in total. The molecule has 84 valence electrons. The van der Waals surface area contributed by atoms with Crippen molar-refractivity contribution in [3.63, 3.8) is 0 Å². The first-order chi connectivity index (χ1) is 8.25. The molecule has 0 N–H and O–H groups in total. The van der Waals surface area contributed by atoms with Gasteiger partial charge in [0.25, 0.3) is 5.91 Å². The highest BCUT2D eigenvalue weighted by Crippen LogP contribution is 2.13. The van der Waals surface area contributed by atoms with E-state index in [1.807, 2.05) is 24.3 Å². The van der Waals surface area contributed by atoms with E-state index in [-0.39, 0.29) is 5.91 Å². The standard InChI is InChI=1S/C12H10N4O/c1-15-7-9(6-14-15)12(17)16-8-13-10-4-2-3-5-11(10)16/h2-8H,1H3. The van der Waals surface area contributed by atoms with E-state index in [0.29, 0.717) is 5.56 Å². The minimum Gasteiger partial charge on any atom is -0.275 e. The second-order valence-electron chi connectivity index (χ2n) is 3.81. The van der Waals surface area contributed by atoms with Gasteiger partial charge in [0.2, 0.25) is 0 Å². The quantitative estimate of drug-likeness (QED) is 0.631. The van der Waals surface area contributed by atoms with Crippen molar-refractivity contribution < 1.29 is 4.79 Å². The van der Waals surface area contributed by atoms with Gasteiger partial charge in [0, 0.05) is 13.2 Å². The fourth-order valence-corrected chi connectivity index (χ4v) is 1.79. The zero-order valence-corrected chi connectivity index (χ0v) is 9.24. The van der Waals surface area contributed by atoms with Gasteiger partial charge < -0.3 is 0 Å². The molecule has 2 heterocycles. The Morgan fingerprint density at radius 3 is 2.88 bits per heavy atom. The van der Waals surface area contributed by atoms with Crippen LogP contribution in [0.25, 0.3) is 11.0 Å². The molecule has 0 spiro atoms. The summed E-state index contributed by atoms with van der Waals surface area (Å²) in [5.74, 6) is -0.119. The lowest BCUT2D eigenvalue weighted by Crippen LogP contribution is -2.09. The fourth-order valence-electron chi connectivity index (χ4n) is 1.79. The molecule has 1 aromatic carbocycles. The number of hydrogen-bond acceptors (Lipinski definition) is 3. The maximum atomic E-state index is 12.2. The average Bonchev–Trinajstić information content (AvgIpc) is 2.94. The van der Waals surface area contributed by atoms with Gasteiger partial charge in [0.05, 0.1) is 22.8 Å². The predicted octanol–water partition coefficient (Wildman–Crippen LogP) is 1.46. The van der Waals surface area contributed by atoms with E-state index >= 15 is 0 Å². The van der Waals surface area contributed by atoms with Gasteiger partial charge in [0.15, 0.2) is 0 Å². The van der Waals surface area contributed by atoms with Crippen molar-refractivity contribution in [2.75, 3.05) is 0 Å². The lowest BCUT2D eigenvalue weighted by atomic mass is 10.3. The van der Waals surface area contributed by atoms with Crippen LogP contribution in [0.2, 0.25) is 0 Å². The number of imidazole rings is 1. The van der Waals surface area contributed by atoms with Gasteiger partial charge in [-0.1, -0.05) is 12.1 Å². The van der Waals surface area contributed by atoms with E-state index in [0.717, 1.165) is 11.0 Å². The van der Waals surface area contributed by atoms with Gasteiger partial charge in [-0.25, -0.2) is 4.98 Å². The summed E-state index contributed by atoms with van der Waals surface area (Å²) < 4.78 is 3.14. The van der Waals surface area contributed by atoms with Crippen molar-refractivity contribution in [3.05, 3.63) is 48.5 Å². The van der Waals surface area contributed by atoms with Crippen LogP contribution in [-0.2, 0) is 7.05 Å². The monoisotopic (exact) mass is 226 g/mol.